The molecule has 0 spiro atoms. The largest absolute Gasteiger partial charge is 0.324 e. The second-order valence-electron chi connectivity index (χ2n) is 7.04. The lowest BCUT2D eigenvalue weighted by molar-refractivity contribution is 0.544. The van der Waals surface area contributed by atoms with Crippen LogP contribution in [0.4, 0.5) is 24.8 Å². The molecule has 0 saturated heterocycles. The Morgan fingerprint density at radius 3 is 2.52 bits per heavy atom. The predicted octanol–water partition coefficient (Wildman–Crippen LogP) is 4.21. The molecule has 1 N–H and O–H groups in total. The van der Waals surface area contributed by atoms with Crippen LogP contribution >= 0.6 is 0 Å². The minimum atomic E-state index is -0.972. The van der Waals surface area contributed by atoms with Crippen LogP contribution < -0.4 is 10.9 Å². The van der Waals surface area contributed by atoms with Crippen molar-refractivity contribution in [3.63, 3.8) is 0 Å². The fourth-order valence-corrected chi connectivity index (χ4v) is 3.76. The quantitative estimate of drug-likeness (QED) is 0.713. The number of aryl methyl sites for hydroxylation is 2. The Kier molecular flexibility index (Phi) is 4.86. The molecule has 0 radical (unpaired) electrons. The molecule has 1 aromatic carbocycles. The first-order valence-corrected chi connectivity index (χ1v) is 9.37. The first-order valence-electron chi connectivity index (χ1n) is 9.37. The highest BCUT2D eigenvalue weighted by atomic mass is 19.1. The van der Waals surface area contributed by atoms with Crippen molar-refractivity contribution < 1.29 is 13.2 Å². The lowest BCUT2D eigenvalue weighted by Gasteiger charge is -2.21. The minimum Gasteiger partial charge on any atom is -0.324 e. The Morgan fingerprint density at radius 1 is 1.14 bits per heavy atom. The fraction of sp³-hybridized carbons (Fsp3) is 0.286. The van der Waals surface area contributed by atoms with Gasteiger partial charge in [-0.05, 0) is 56.0 Å². The van der Waals surface area contributed by atoms with E-state index >= 15 is 0 Å². The highest BCUT2D eigenvalue weighted by Crippen LogP contribution is 2.36. The zero-order valence-corrected chi connectivity index (χ0v) is 16.0. The highest BCUT2D eigenvalue weighted by Gasteiger charge is 2.31. The number of rotatable bonds is 4. The number of aromatic nitrogens is 3. The smallest absolute Gasteiger partial charge is 0.310 e. The second kappa shape index (κ2) is 7.35. The van der Waals surface area contributed by atoms with Gasteiger partial charge in [-0.1, -0.05) is 6.92 Å². The van der Waals surface area contributed by atoms with E-state index < -0.39 is 29.1 Å². The third-order valence-electron chi connectivity index (χ3n) is 5.16. The molecule has 1 unspecified atom stereocenters. The van der Waals surface area contributed by atoms with E-state index in [1.54, 1.807) is 0 Å². The van der Waals surface area contributed by atoms with E-state index in [4.69, 9.17) is 0 Å². The van der Waals surface area contributed by atoms with E-state index in [1.807, 2.05) is 26.0 Å². The number of anilines is 2. The van der Waals surface area contributed by atoms with Crippen LogP contribution in [0.2, 0.25) is 0 Å². The van der Waals surface area contributed by atoms with E-state index in [0.29, 0.717) is 23.4 Å². The Morgan fingerprint density at radius 2 is 1.86 bits per heavy atom. The molecule has 29 heavy (non-hydrogen) atoms. The number of benzene rings is 1. The first kappa shape index (κ1) is 19.2. The fourth-order valence-electron chi connectivity index (χ4n) is 3.76. The van der Waals surface area contributed by atoms with E-state index in [-0.39, 0.29) is 18.1 Å². The van der Waals surface area contributed by atoms with Gasteiger partial charge in [0.15, 0.2) is 0 Å². The summed E-state index contributed by atoms with van der Waals surface area (Å²) in [4.78, 5) is 20.4. The van der Waals surface area contributed by atoms with Gasteiger partial charge in [0.05, 0.1) is 23.1 Å². The van der Waals surface area contributed by atoms with Crippen LogP contribution in [0.5, 0.6) is 0 Å². The summed E-state index contributed by atoms with van der Waals surface area (Å²) in [5, 5.41) is 3.06. The monoisotopic (exact) mass is 400 g/mol. The molecule has 0 fully saturated rings. The second-order valence-corrected chi connectivity index (χ2v) is 7.04. The van der Waals surface area contributed by atoms with Crippen molar-refractivity contribution in [2.45, 2.75) is 39.2 Å². The lowest BCUT2D eigenvalue weighted by Crippen LogP contribution is -2.23. The summed E-state index contributed by atoms with van der Waals surface area (Å²) in [5.41, 5.74) is 1.77. The Bertz CT molecular complexity index is 1140. The molecule has 0 bridgehead atoms. The van der Waals surface area contributed by atoms with Crippen LogP contribution in [0.1, 0.15) is 42.0 Å². The van der Waals surface area contributed by atoms with E-state index in [9.17, 15) is 18.0 Å². The average Bonchev–Trinajstić information content (AvgIpc) is 3.12. The van der Waals surface area contributed by atoms with E-state index in [1.165, 1.54) is 16.7 Å². The average molecular weight is 400 g/mol. The van der Waals surface area contributed by atoms with Crippen molar-refractivity contribution in [2.24, 2.45) is 0 Å². The van der Waals surface area contributed by atoms with Crippen molar-refractivity contribution in [1.29, 1.82) is 0 Å². The van der Waals surface area contributed by atoms with Crippen molar-refractivity contribution in [3.8, 4) is 0 Å². The van der Waals surface area contributed by atoms with Gasteiger partial charge in [0.2, 0.25) is 11.8 Å². The Hall–Kier alpha value is -3.16. The molecule has 1 aliphatic heterocycles. The van der Waals surface area contributed by atoms with Crippen LogP contribution in [-0.2, 0) is 12.8 Å². The molecule has 4 rings (SSSR count). The molecule has 8 heteroatoms. The zero-order valence-electron chi connectivity index (χ0n) is 16.0. The maximum Gasteiger partial charge on any atom is 0.310 e. The summed E-state index contributed by atoms with van der Waals surface area (Å²) >= 11 is 0. The van der Waals surface area contributed by atoms with Gasteiger partial charge in [0.1, 0.15) is 11.6 Å². The topological polar surface area (TPSA) is 59.8 Å². The third-order valence-corrected chi connectivity index (χ3v) is 5.16. The van der Waals surface area contributed by atoms with Crippen molar-refractivity contribution in [1.82, 2.24) is 14.5 Å². The minimum absolute atomic E-state index is 0.118. The van der Waals surface area contributed by atoms with Gasteiger partial charge in [-0.25, -0.2) is 8.78 Å². The molecule has 0 amide bonds. The molecular weight excluding hydrogens is 381 g/mol. The molecule has 5 nitrogen and oxygen atoms in total. The summed E-state index contributed by atoms with van der Waals surface area (Å²) < 4.78 is 43.5. The zero-order chi connectivity index (χ0) is 20.7. The van der Waals surface area contributed by atoms with Crippen molar-refractivity contribution in [2.75, 3.05) is 5.32 Å². The maximum absolute atomic E-state index is 14.5. The normalized spacial score (nSPS) is 15.4. The van der Waals surface area contributed by atoms with Crippen LogP contribution in [0.25, 0.3) is 0 Å². The molecule has 1 aliphatic rings. The predicted molar refractivity (Wildman–Crippen MR) is 103 cm³/mol. The SMILES string of the molecule is CCc1ccc(Nc2nc(=O)c(F)c3n2C(c2cc(F)cc(F)c2)CC3)c(C)n1. The van der Waals surface area contributed by atoms with Crippen LogP contribution in [0.3, 0.4) is 0 Å². The highest BCUT2D eigenvalue weighted by molar-refractivity contribution is 5.57. The van der Waals surface area contributed by atoms with Crippen LogP contribution in [0.15, 0.2) is 35.1 Å². The third kappa shape index (κ3) is 3.50. The summed E-state index contributed by atoms with van der Waals surface area (Å²) in [7, 11) is 0. The number of fused-ring (bicyclic) bond motifs is 1. The molecular formula is C21H19F3N4O. The van der Waals surface area contributed by atoms with E-state index in [2.05, 4.69) is 15.3 Å². The van der Waals surface area contributed by atoms with Gasteiger partial charge < -0.3 is 9.88 Å². The lowest BCUT2D eigenvalue weighted by atomic mass is 10.0. The Balaban J connectivity index is 1.83. The van der Waals surface area contributed by atoms with Crippen LogP contribution in [-0.4, -0.2) is 14.5 Å². The van der Waals surface area contributed by atoms with Crippen LogP contribution in [0, 0.1) is 24.4 Å². The van der Waals surface area contributed by atoms with Crippen molar-refractivity contribution in [3.05, 3.63) is 80.8 Å². The summed E-state index contributed by atoms with van der Waals surface area (Å²) in [6, 6.07) is 6.32. The van der Waals surface area contributed by atoms with Gasteiger partial charge >= 0.3 is 5.56 Å². The standard InChI is InChI=1S/C21H19F3N4O/c1-3-15-4-5-16(11(2)25-15)26-21-27-20(29)19(24)18-7-6-17(28(18)21)12-8-13(22)10-14(23)9-12/h4-5,8-10,17H,3,6-7H2,1-2H3,(H,26,27,29). The number of halogens is 3. The molecule has 2 aromatic heterocycles. The van der Waals surface area contributed by atoms with Gasteiger partial charge in [-0.2, -0.15) is 9.37 Å². The number of nitrogens with zero attached hydrogens (tertiary/aromatic N) is 3. The van der Waals surface area contributed by atoms with Gasteiger partial charge in [0, 0.05) is 11.8 Å². The Labute approximate surface area is 165 Å². The number of hydrogen-bond donors (Lipinski definition) is 1. The number of pyridine rings is 1. The van der Waals surface area contributed by atoms with Gasteiger partial charge in [0.25, 0.3) is 0 Å². The number of hydrogen-bond acceptors (Lipinski definition) is 4. The summed E-state index contributed by atoms with van der Waals surface area (Å²) in [5.74, 6) is -2.25. The van der Waals surface area contributed by atoms with Crippen molar-refractivity contribution >= 4 is 11.6 Å². The molecule has 0 aliphatic carbocycles. The summed E-state index contributed by atoms with van der Waals surface area (Å²) in [6.07, 6.45) is 1.43. The van der Waals surface area contributed by atoms with Gasteiger partial charge in [-0.15, -0.1) is 0 Å². The molecule has 0 saturated carbocycles. The molecule has 150 valence electrons. The summed E-state index contributed by atoms with van der Waals surface area (Å²) in [6.45, 7) is 3.80. The molecule has 3 aromatic rings. The van der Waals surface area contributed by atoms with Gasteiger partial charge in [-0.3, -0.25) is 9.78 Å². The van der Waals surface area contributed by atoms with E-state index in [0.717, 1.165) is 18.2 Å². The first-order chi connectivity index (χ1) is 13.9. The molecule has 1 atom stereocenters. The molecule has 3 heterocycles. The number of nitrogens with one attached hydrogen (secondary N) is 1. The maximum atomic E-state index is 14.5.